The molecule has 1 heterocycles. The molecule has 5 heteroatoms. The third-order valence-electron chi connectivity index (χ3n) is 4.25. The molecule has 1 saturated heterocycles. The molecule has 24 heavy (non-hydrogen) atoms. The van der Waals surface area contributed by atoms with Gasteiger partial charge in [-0.15, -0.1) is 0 Å². The SMILES string of the molecule is CC.N#Cc1ccc(C2CC(F)C(SN3CCCC3)C=C2F)cc1. The lowest BCUT2D eigenvalue weighted by atomic mass is 9.86. The van der Waals surface area contributed by atoms with E-state index in [0.29, 0.717) is 5.56 Å². The van der Waals surface area contributed by atoms with Crippen LogP contribution in [0.3, 0.4) is 0 Å². The molecule has 1 fully saturated rings. The zero-order valence-corrected chi connectivity index (χ0v) is 15.0. The molecular weight excluding hydrogens is 326 g/mol. The molecule has 0 aromatic heterocycles. The van der Waals surface area contributed by atoms with Crippen LogP contribution in [0, 0.1) is 11.3 Å². The molecule has 0 bridgehead atoms. The quantitative estimate of drug-likeness (QED) is 0.685. The Morgan fingerprint density at radius 2 is 1.79 bits per heavy atom. The van der Waals surface area contributed by atoms with Crippen LogP contribution in [0.5, 0.6) is 0 Å². The van der Waals surface area contributed by atoms with Gasteiger partial charge < -0.3 is 0 Å². The van der Waals surface area contributed by atoms with Crippen molar-refractivity contribution in [2.24, 2.45) is 0 Å². The first-order valence-electron chi connectivity index (χ1n) is 8.60. The Kier molecular flexibility index (Phi) is 7.26. The number of rotatable bonds is 3. The fourth-order valence-electron chi connectivity index (χ4n) is 3.00. The minimum Gasteiger partial charge on any atom is -0.250 e. The van der Waals surface area contributed by atoms with Gasteiger partial charge in [0.05, 0.1) is 16.9 Å². The van der Waals surface area contributed by atoms with Crippen LogP contribution < -0.4 is 0 Å². The van der Waals surface area contributed by atoms with Gasteiger partial charge in [-0.3, -0.25) is 4.31 Å². The second-order valence-corrected chi connectivity index (χ2v) is 7.07. The molecule has 2 nitrogen and oxygen atoms in total. The van der Waals surface area contributed by atoms with E-state index in [1.807, 2.05) is 19.9 Å². The summed E-state index contributed by atoms with van der Waals surface area (Å²) in [4.78, 5) is 0. The van der Waals surface area contributed by atoms with Crippen molar-refractivity contribution >= 4 is 11.9 Å². The Hall–Kier alpha value is -1.38. The minimum atomic E-state index is -1.05. The molecule has 1 aliphatic heterocycles. The van der Waals surface area contributed by atoms with Gasteiger partial charge in [-0.05, 0) is 43.0 Å². The molecule has 0 saturated carbocycles. The monoisotopic (exact) mass is 350 g/mol. The molecule has 3 rings (SSSR count). The van der Waals surface area contributed by atoms with Gasteiger partial charge in [0.15, 0.2) is 0 Å². The Balaban J connectivity index is 0.00000100. The number of nitriles is 1. The molecule has 0 spiro atoms. The normalized spacial score (nSPS) is 27.0. The van der Waals surface area contributed by atoms with Gasteiger partial charge in [0.1, 0.15) is 12.0 Å². The first kappa shape index (κ1) is 19.0. The molecule has 3 atom stereocenters. The number of halogens is 2. The van der Waals surface area contributed by atoms with Crippen molar-refractivity contribution in [2.75, 3.05) is 13.1 Å². The van der Waals surface area contributed by atoms with Crippen LogP contribution in [-0.2, 0) is 0 Å². The number of hydrogen-bond acceptors (Lipinski definition) is 3. The summed E-state index contributed by atoms with van der Waals surface area (Å²) in [5.41, 5.74) is 1.27. The maximum absolute atomic E-state index is 14.4. The Labute approximate surface area is 147 Å². The fourth-order valence-corrected chi connectivity index (χ4v) is 4.24. The van der Waals surface area contributed by atoms with Crippen LogP contribution in [-0.4, -0.2) is 28.8 Å². The van der Waals surface area contributed by atoms with Gasteiger partial charge in [0.2, 0.25) is 0 Å². The van der Waals surface area contributed by atoms with Crippen LogP contribution in [0.4, 0.5) is 8.78 Å². The maximum Gasteiger partial charge on any atom is 0.118 e. The molecule has 130 valence electrons. The molecule has 0 amide bonds. The Morgan fingerprint density at radius 3 is 2.38 bits per heavy atom. The maximum atomic E-state index is 14.4. The zero-order valence-electron chi connectivity index (χ0n) is 14.2. The van der Waals surface area contributed by atoms with Gasteiger partial charge in [-0.1, -0.05) is 37.9 Å². The average molecular weight is 350 g/mol. The third-order valence-corrected chi connectivity index (χ3v) is 5.59. The molecule has 1 aliphatic carbocycles. The third kappa shape index (κ3) is 4.58. The van der Waals surface area contributed by atoms with E-state index in [-0.39, 0.29) is 12.2 Å². The largest absolute Gasteiger partial charge is 0.250 e. The number of nitrogens with zero attached hydrogens (tertiary/aromatic N) is 2. The van der Waals surface area contributed by atoms with Crippen LogP contribution in [0.2, 0.25) is 0 Å². The van der Waals surface area contributed by atoms with E-state index in [0.717, 1.165) is 31.5 Å². The van der Waals surface area contributed by atoms with Crippen LogP contribution in [0.15, 0.2) is 36.2 Å². The molecule has 1 aromatic rings. The topological polar surface area (TPSA) is 27.0 Å². The van der Waals surface area contributed by atoms with Gasteiger partial charge >= 0.3 is 0 Å². The van der Waals surface area contributed by atoms with E-state index in [2.05, 4.69) is 4.31 Å². The smallest absolute Gasteiger partial charge is 0.118 e. The highest BCUT2D eigenvalue weighted by molar-refractivity contribution is 7.97. The van der Waals surface area contributed by atoms with Crippen molar-refractivity contribution in [2.45, 2.75) is 50.4 Å². The summed E-state index contributed by atoms with van der Waals surface area (Å²) in [6, 6.07) is 8.78. The van der Waals surface area contributed by atoms with Crippen molar-refractivity contribution < 1.29 is 8.78 Å². The lowest BCUT2D eigenvalue weighted by molar-refractivity contribution is 0.282. The molecule has 3 unspecified atom stereocenters. The molecule has 2 aliphatic rings. The second kappa shape index (κ2) is 9.19. The lowest BCUT2D eigenvalue weighted by Gasteiger charge is -2.30. The van der Waals surface area contributed by atoms with Crippen molar-refractivity contribution in [3.63, 3.8) is 0 Å². The van der Waals surface area contributed by atoms with E-state index in [9.17, 15) is 8.78 Å². The van der Waals surface area contributed by atoms with Crippen LogP contribution in [0.25, 0.3) is 0 Å². The lowest BCUT2D eigenvalue weighted by Crippen LogP contribution is -2.29. The summed E-state index contributed by atoms with van der Waals surface area (Å²) >= 11 is 1.44. The van der Waals surface area contributed by atoms with E-state index in [1.165, 1.54) is 18.0 Å². The van der Waals surface area contributed by atoms with Crippen molar-refractivity contribution in [1.82, 2.24) is 4.31 Å². The summed E-state index contributed by atoms with van der Waals surface area (Å²) in [5.74, 6) is -0.784. The first-order valence-corrected chi connectivity index (χ1v) is 9.44. The molecular formula is C19H24F2N2S. The zero-order chi connectivity index (χ0) is 17.5. The van der Waals surface area contributed by atoms with Crippen LogP contribution >= 0.6 is 11.9 Å². The second-order valence-electron chi connectivity index (χ2n) is 5.80. The summed E-state index contributed by atoms with van der Waals surface area (Å²) in [6.07, 6.45) is 2.83. The number of alkyl halides is 1. The highest BCUT2D eigenvalue weighted by Crippen LogP contribution is 2.41. The molecule has 0 radical (unpaired) electrons. The number of hydrogen-bond donors (Lipinski definition) is 0. The van der Waals surface area contributed by atoms with Crippen LogP contribution in [0.1, 0.15) is 50.2 Å². The van der Waals surface area contributed by atoms with E-state index in [4.69, 9.17) is 5.26 Å². The molecule has 0 N–H and O–H groups in total. The Bertz CT molecular complexity index is 588. The summed E-state index contributed by atoms with van der Waals surface area (Å²) < 4.78 is 31.0. The average Bonchev–Trinajstić information content (AvgIpc) is 3.13. The van der Waals surface area contributed by atoms with Crippen molar-refractivity contribution in [3.8, 4) is 6.07 Å². The summed E-state index contributed by atoms with van der Waals surface area (Å²) in [5, 5.41) is 8.38. The van der Waals surface area contributed by atoms with Gasteiger partial charge in [-0.2, -0.15) is 5.26 Å². The van der Waals surface area contributed by atoms with E-state index >= 15 is 0 Å². The highest BCUT2D eigenvalue weighted by Gasteiger charge is 2.34. The van der Waals surface area contributed by atoms with E-state index in [1.54, 1.807) is 24.3 Å². The predicted octanol–water partition coefficient (Wildman–Crippen LogP) is 5.38. The summed E-state index contributed by atoms with van der Waals surface area (Å²) in [7, 11) is 0. The highest BCUT2D eigenvalue weighted by atomic mass is 32.2. The predicted molar refractivity (Wildman–Crippen MR) is 96.1 cm³/mol. The first-order chi connectivity index (χ1) is 11.7. The minimum absolute atomic E-state index is 0.166. The Morgan fingerprint density at radius 1 is 1.17 bits per heavy atom. The molecule has 1 aromatic carbocycles. The van der Waals surface area contributed by atoms with Crippen molar-refractivity contribution in [1.29, 1.82) is 5.26 Å². The number of benzene rings is 1. The fraction of sp³-hybridized carbons (Fsp3) is 0.526. The van der Waals surface area contributed by atoms with Gasteiger partial charge in [0, 0.05) is 19.0 Å². The van der Waals surface area contributed by atoms with Gasteiger partial charge in [0.25, 0.3) is 0 Å². The van der Waals surface area contributed by atoms with Gasteiger partial charge in [-0.25, -0.2) is 8.78 Å². The number of allylic oxidation sites excluding steroid dienone is 1. The van der Waals surface area contributed by atoms with Crippen molar-refractivity contribution in [3.05, 3.63) is 47.3 Å². The standard InChI is InChI=1S/C17H18F2N2S.C2H6/c18-15-10-17(22-21-7-1-2-8-21)16(19)9-14(15)13-5-3-12(11-20)4-6-13;1-2/h3-6,10,14,16-17H,1-2,7-9H2;1-2H3. The summed E-state index contributed by atoms with van der Waals surface area (Å²) in [6.45, 7) is 5.92. The van der Waals surface area contributed by atoms with E-state index < -0.39 is 17.3 Å².